The van der Waals surface area contributed by atoms with Crippen LogP contribution in [0.25, 0.3) is 0 Å². The first-order valence-electron chi connectivity index (χ1n) is 2.00. The van der Waals surface area contributed by atoms with Gasteiger partial charge >= 0.3 is 0 Å². The van der Waals surface area contributed by atoms with E-state index in [4.69, 9.17) is 5.73 Å². The molecule has 0 aliphatic carbocycles. The Balaban J connectivity index is 3.39. The first-order valence-corrected chi connectivity index (χ1v) is 2.00. The lowest BCUT2D eigenvalue weighted by Gasteiger charge is -1.88. The molecule has 0 radical (unpaired) electrons. The molecule has 0 aromatic rings. The van der Waals surface area contributed by atoms with Gasteiger partial charge in [0.1, 0.15) is 5.94 Å². The second kappa shape index (κ2) is 4.05. The molecular formula is C4H6N2O2. The van der Waals surface area contributed by atoms with Gasteiger partial charge in [0.2, 0.25) is 5.91 Å². The van der Waals surface area contributed by atoms with Gasteiger partial charge in [-0.2, -0.15) is 0 Å². The lowest BCUT2D eigenvalue weighted by atomic mass is 10.6. The van der Waals surface area contributed by atoms with E-state index in [1.54, 1.807) is 0 Å². The van der Waals surface area contributed by atoms with Crippen molar-refractivity contribution in [1.29, 1.82) is 0 Å². The van der Waals surface area contributed by atoms with E-state index in [1.807, 2.05) is 0 Å². The minimum atomic E-state index is -0.395. The summed E-state index contributed by atoms with van der Waals surface area (Å²) in [5.41, 5.74) is 4.85. The van der Waals surface area contributed by atoms with Crippen LogP contribution in [0.15, 0.2) is 6.20 Å². The summed E-state index contributed by atoms with van der Waals surface area (Å²) in [5, 5.41) is 2.07. The van der Waals surface area contributed by atoms with Gasteiger partial charge in [-0.3, -0.25) is 4.79 Å². The maximum absolute atomic E-state index is 10.1. The monoisotopic (exact) mass is 114 g/mol. The van der Waals surface area contributed by atoms with Crippen LogP contribution in [0.4, 0.5) is 0 Å². The Kier molecular flexibility index (Phi) is 3.48. The van der Waals surface area contributed by atoms with Gasteiger partial charge in [0.25, 0.3) is 0 Å². The van der Waals surface area contributed by atoms with Crippen LogP contribution in [0.1, 0.15) is 0 Å². The van der Waals surface area contributed by atoms with Crippen molar-refractivity contribution < 1.29 is 9.59 Å². The molecule has 4 nitrogen and oxygen atoms in total. The Morgan fingerprint density at radius 1 is 1.88 bits per heavy atom. The molecule has 3 N–H and O–H groups in total. The minimum absolute atomic E-state index is 0.113. The average Bonchev–Trinajstić information content (AvgIpc) is 1.83. The lowest BCUT2D eigenvalue weighted by Crippen LogP contribution is -2.25. The van der Waals surface area contributed by atoms with Crippen molar-refractivity contribution in [1.82, 2.24) is 5.32 Å². The Bertz CT molecular complexity index is 126. The smallest absolute Gasteiger partial charge is 0.238 e. The largest absolute Gasteiger partial charge is 0.322 e. The first-order chi connectivity index (χ1) is 3.81. The zero-order valence-electron chi connectivity index (χ0n) is 4.18. The summed E-state index contributed by atoms with van der Waals surface area (Å²) in [6.45, 7) is -0.113. The summed E-state index contributed by atoms with van der Waals surface area (Å²) >= 11 is 0. The van der Waals surface area contributed by atoms with Crippen LogP contribution in [-0.4, -0.2) is 18.4 Å². The van der Waals surface area contributed by atoms with Crippen LogP contribution in [0.5, 0.6) is 0 Å². The van der Waals surface area contributed by atoms with Gasteiger partial charge in [0.15, 0.2) is 0 Å². The molecule has 1 amide bonds. The molecule has 44 valence electrons. The standard InChI is InChI=1S/C4H6N2O2/c5-3-4(8)6-1-2-7/h1H,3,5H2,(H,6,8). The second-order valence-electron chi connectivity index (χ2n) is 1.03. The number of carbonyl (C=O) groups excluding carboxylic acids is 2. The van der Waals surface area contributed by atoms with Crippen molar-refractivity contribution in [2.24, 2.45) is 5.73 Å². The van der Waals surface area contributed by atoms with Crippen molar-refractivity contribution in [3.8, 4) is 0 Å². The van der Waals surface area contributed by atoms with Crippen LogP contribution < -0.4 is 11.1 Å². The van der Waals surface area contributed by atoms with E-state index < -0.39 is 5.91 Å². The molecule has 0 atom stereocenters. The van der Waals surface area contributed by atoms with Gasteiger partial charge in [-0.25, -0.2) is 4.79 Å². The van der Waals surface area contributed by atoms with Crippen molar-refractivity contribution in [3.63, 3.8) is 0 Å². The molecule has 0 aliphatic heterocycles. The third-order valence-corrected chi connectivity index (χ3v) is 0.477. The zero-order chi connectivity index (χ0) is 6.41. The Hall–Kier alpha value is -1.12. The SMILES string of the molecule is NCC(=O)NC=C=O. The number of hydrogen-bond acceptors (Lipinski definition) is 3. The number of nitrogens with one attached hydrogen (secondary N) is 1. The van der Waals surface area contributed by atoms with Crippen LogP contribution in [0.3, 0.4) is 0 Å². The molecule has 0 saturated heterocycles. The van der Waals surface area contributed by atoms with Gasteiger partial charge in [-0.1, -0.05) is 0 Å². The Morgan fingerprint density at radius 2 is 2.50 bits per heavy atom. The molecule has 0 heterocycles. The van der Waals surface area contributed by atoms with Crippen molar-refractivity contribution in [3.05, 3.63) is 6.20 Å². The van der Waals surface area contributed by atoms with E-state index >= 15 is 0 Å². The highest BCUT2D eigenvalue weighted by atomic mass is 16.2. The molecule has 0 aromatic heterocycles. The number of carbonyl (C=O) groups is 1. The molecule has 0 aliphatic rings. The highest BCUT2D eigenvalue weighted by Gasteiger charge is 1.88. The fourth-order valence-corrected chi connectivity index (χ4v) is 0.169. The molecule has 0 saturated carbocycles. The summed E-state index contributed by atoms with van der Waals surface area (Å²) < 4.78 is 0. The summed E-state index contributed by atoms with van der Waals surface area (Å²) in [6, 6.07) is 0. The second-order valence-corrected chi connectivity index (χ2v) is 1.03. The van der Waals surface area contributed by atoms with Crippen LogP contribution in [0, 0.1) is 0 Å². The summed E-state index contributed by atoms with van der Waals surface area (Å²) in [4.78, 5) is 19.5. The van der Waals surface area contributed by atoms with Crippen molar-refractivity contribution in [2.75, 3.05) is 6.54 Å². The van der Waals surface area contributed by atoms with Gasteiger partial charge in [-0.15, -0.1) is 0 Å². The van der Waals surface area contributed by atoms with Gasteiger partial charge < -0.3 is 11.1 Å². The van der Waals surface area contributed by atoms with E-state index in [9.17, 15) is 9.59 Å². The molecule has 8 heavy (non-hydrogen) atoms. The lowest BCUT2D eigenvalue weighted by molar-refractivity contribution is -0.118. The highest BCUT2D eigenvalue weighted by Crippen LogP contribution is 1.54. The fourth-order valence-electron chi connectivity index (χ4n) is 0.169. The third-order valence-electron chi connectivity index (χ3n) is 0.477. The Labute approximate surface area is 46.4 Å². The predicted octanol–water partition coefficient (Wildman–Crippen LogP) is -1.59. The maximum atomic E-state index is 10.1. The number of nitrogens with two attached hydrogens (primary N) is 1. The molecule has 0 rings (SSSR count). The van der Waals surface area contributed by atoms with Gasteiger partial charge in [0, 0.05) is 0 Å². The minimum Gasteiger partial charge on any atom is -0.322 e. The van der Waals surface area contributed by atoms with E-state index in [2.05, 4.69) is 5.32 Å². The normalized spacial score (nSPS) is 7.12. The highest BCUT2D eigenvalue weighted by molar-refractivity contribution is 5.79. The van der Waals surface area contributed by atoms with Crippen molar-refractivity contribution in [2.45, 2.75) is 0 Å². The maximum Gasteiger partial charge on any atom is 0.238 e. The van der Waals surface area contributed by atoms with Gasteiger partial charge in [-0.05, 0) is 0 Å². The summed E-state index contributed by atoms with van der Waals surface area (Å²) in [6.07, 6.45) is 0.870. The van der Waals surface area contributed by atoms with E-state index in [-0.39, 0.29) is 6.54 Å². The molecule has 0 aromatic carbocycles. The molecule has 0 fully saturated rings. The van der Waals surface area contributed by atoms with E-state index in [0.717, 1.165) is 6.20 Å². The fraction of sp³-hybridized carbons (Fsp3) is 0.250. The number of amides is 1. The molecular weight excluding hydrogens is 108 g/mol. The summed E-state index contributed by atoms with van der Waals surface area (Å²) in [5.74, 6) is 0.975. The van der Waals surface area contributed by atoms with Crippen LogP contribution in [-0.2, 0) is 9.59 Å². The molecule has 0 bridgehead atoms. The first kappa shape index (κ1) is 6.88. The summed E-state index contributed by atoms with van der Waals surface area (Å²) in [7, 11) is 0. The number of rotatable bonds is 2. The Morgan fingerprint density at radius 3 is 2.88 bits per heavy atom. The molecule has 4 heteroatoms. The average molecular weight is 114 g/mol. The topological polar surface area (TPSA) is 72.2 Å². The third kappa shape index (κ3) is 3.08. The molecule has 0 unspecified atom stereocenters. The van der Waals surface area contributed by atoms with E-state index in [0.29, 0.717) is 0 Å². The number of hydrogen-bond donors (Lipinski definition) is 2. The van der Waals surface area contributed by atoms with Crippen LogP contribution >= 0.6 is 0 Å². The predicted molar refractivity (Wildman–Crippen MR) is 27.5 cm³/mol. The molecule has 0 spiro atoms. The quantitative estimate of drug-likeness (QED) is 0.425. The zero-order valence-corrected chi connectivity index (χ0v) is 4.18. The van der Waals surface area contributed by atoms with Crippen molar-refractivity contribution >= 4 is 11.8 Å². The van der Waals surface area contributed by atoms with Gasteiger partial charge in [0.05, 0.1) is 12.7 Å². The van der Waals surface area contributed by atoms with Crippen LogP contribution in [0.2, 0.25) is 0 Å². The van der Waals surface area contributed by atoms with E-state index in [1.165, 1.54) is 5.94 Å².